The van der Waals surface area contributed by atoms with Crippen molar-refractivity contribution in [3.63, 3.8) is 0 Å². The second kappa shape index (κ2) is 4.97. The van der Waals surface area contributed by atoms with Crippen LogP contribution in [0.3, 0.4) is 0 Å². The van der Waals surface area contributed by atoms with Crippen LogP contribution in [0.4, 0.5) is 0 Å². The number of aromatic nitrogens is 1. The second-order valence-corrected chi connectivity index (χ2v) is 7.33. The minimum atomic E-state index is 0. The van der Waals surface area contributed by atoms with Gasteiger partial charge in [-0.1, -0.05) is 0 Å². The Morgan fingerprint density at radius 2 is 2.21 bits per heavy atom. The van der Waals surface area contributed by atoms with Gasteiger partial charge in [0.25, 0.3) is 0 Å². The van der Waals surface area contributed by atoms with Crippen LogP contribution < -0.4 is 4.74 Å². The molecule has 3 aliphatic rings. The lowest BCUT2D eigenvalue weighted by Gasteiger charge is -2.45. The first kappa shape index (κ1) is 14.3. The number of ether oxygens (including phenoxy) is 1. The molecule has 104 valence electrons. The number of fused-ring (bicyclic) bond motifs is 2. The van der Waals surface area contributed by atoms with Gasteiger partial charge in [0, 0.05) is 24.9 Å². The average Bonchev–Trinajstić information content (AvgIpc) is 2.64. The van der Waals surface area contributed by atoms with E-state index in [0.717, 1.165) is 33.4 Å². The van der Waals surface area contributed by atoms with Crippen molar-refractivity contribution in [2.24, 2.45) is 5.41 Å². The summed E-state index contributed by atoms with van der Waals surface area (Å²) in [6.07, 6.45) is 3.84. The van der Waals surface area contributed by atoms with Crippen LogP contribution in [-0.4, -0.2) is 35.6 Å². The van der Waals surface area contributed by atoms with Gasteiger partial charge in [-0.2, -0.15) is 0 Å². The highest BCUT2D eigenvalue weighted by molar-refractivity contribution is 9.11. The summed E-state index contributed by atoms with van der Waals surface area (Å²) < 4.78 is 8.19. The SMILES string of the molecule is Br.Brc1cc(Br)c2c(n1)CC13CCN(CCC1O2)C3. The van der Waals surface area contributed by atoms with Crippen LogP contribution in [0, 0.1) is 5.41 Å². The van der Waals surface area contributed by atoms with Gasteiger partial charge in [0.1, 0.15) is 10.7 Å². The number of piperidine rings is 1. The molecule has 0 radical (unpaired) electrons. The summed E-state index contributed by atoms with van der Waals surface area (Å²) in [6, 6.07) is 1.97. The zero-order valence-electron chi connectivity index (χ0n) is 10.4. The third-order valence-electron chi connectivity index (χ3n) is 4.60. The lowest BCUT2D eigenvalue weighted by atomic mass is 9.73. The minimum Gasteiger partial charge on any atom is -0.487 e. The Labute approximate surface area is 140 Å². The fourth-order valence-corrected chi connectivity index (χ4v) is 5.02. The fraction of sp³-hybridized carbons (Fsp3) is 0.615. The smallest absolute Gasteiger partial charge is 0.155 e. The molecular formula is C13H15Br3N2O. The molecule has 0 aromatic carbocycles. The molecule has 2 saturated heterocycles. The van der Waals surface area contributed by atoms with Crippen molar-refractivity contribution in [1.82, 2.24) is 9.88 Å². The zero-order chi connectivity index (χ0) is 12.3. The van der Waals surface area contributed by atoms with E-state index in [-0.39, 0.29) is 17.0 Å². The summed E-state index contributed by atoms with van der Waals surface area (Å²) in [5, 5.41) is 0. The van der Waals surface area contributed by atoms with Crippen LogP contribution in [0.5, 0.6) is 5.75 Å². The minimum absolute atomic E-state index is 0. The van der Waals surface area contributed by atoms with Crippen molar-refractivity contribution in [1.29, 1.82) is 0 Å². The fourth-order valence-electron chi connectivity index (χ4n) is 3.73. The van der Waals surface area contributed by atoms with Crippen LogP contribution in [0.2, 0.25) is 0 Å². The van der Waals surface area contributed by atoms with Crippen molar-refractivity contribution in [3.8, 4) is 5.75 Å². The van der Waals surface area contributed by atoms with Gasteiger partial charge in [0.2, 0.25) is 0 Å². The Bertz CT molecular complexity index is 525. The largest absolute Gasteiger partial charge is 0.487 e. The Balaban J connectivity index is 0.00000110. The standard InChI is InChI=1S/C13H14Br2N2O.BrH/c14-8-5-11(15)16-9-6-13-2-4-17(7-13)3-1-10(13)18-12(8)9;/h5,10H,1-4,6-7H2;1H. The first-order valence-corrected chi connectivity index (χ1v) is 7.99. The van der Waals surface area contributed by atoms with Gasteiger partial charge >= 0.3 is 0 Å². The van der Waals surface area contributed by atoms with Crippen LogP contribution >= 0.6 is 48.8 Å². The molecule has 3 atom stereocenters. The predicted octanol–water partition coefficient (Wildman–Crippen LogP) is 3.58. The highest BCUT2D eigenvalue weighted by Crippen LogP contribution is 2.49. The lowest BCUT2D eigenvalue weighted by Crippen LogP contribution is -2.51. The molecular weight excluding hydrogens is 440 g/mol. The molecule has 3 unspecified atom stereocenters. The number of halogens is 3. The van der Waals surface area contributed by atoms with Crippen molar-refractivity contribution in [3.05, 3.63) is 20.8 Å². The number of nitrogens with zero attached hydrogens (tertiary/aromatic N) is 2. The summed E-state index contributed by atoms with van der Waals surface area (Å²) in [5.41, 5.74) is 1.43. The van der Waals surface area contributed by atoms with Gasteiger partial charge in [-0.05, 0) is 57.3 Å². The number of hydrogen-bond donors (Lipinski definition) is 0. The molecule has 1 aromatic rings. The monoisotopic (exact) mass is 452 g/mol. The molecule has 1 spiro atoms. The molecule has 3 nitrogen and oxygen atoms in total. The van der Waals surface area contributed by atoms with Crippen LogP contribution in [0.25, 0.3) is 0 Å². The van der Waals surface area contributed by atoms with Crippen LogP contribution in [0.1, 0.15) is 18.5 Å². The molecule has 19 heavy (non-hydrogen) atoms. The van der Waals surface area contributed by atoms with Gasteiger partial charge in [-0.25, -0.2) is 4.98 Å². The molecule has 0 aliphatic carbocycles. The van der Waals surface area contributed by atoms with E-state index < -0.39 is 0 Å². The second-order valence-electron chi connectivity index (χ2n) is 5.66. The van der Waals surface area contributed by atoms with Crippen molar-refractivity contribution in [2.45, 2.75) is 25.4 Å². The number of hydrogen-bond acceptors (Lipinski definition) is 3. The summed E-state index contributed by atoms with van der Waals surface area (Å²) >= 11 is 7.07. The average molecular weight is 455 g/mol. The van der Waals surface area contributed by atoms with E-state index in [1.807, 2.05) is 6.07 Å². The van der Waals surface area contributed by atoms with Gasteiger partial charge in [-0.3, -0.25) is 0 Å². The topological polar surface area (TPSA) is 25.4 Å². The number of pyridine rings is 1. The molecule has 1 aromatic heterocycles. The molecule has 6 heteroatoms. The Morgan fingerprint density at radius 1 is 1.37 bits per heavy atom. The predicted molar refractivity (Wildman–Crippen MR) is 86.2 cm³/mol. The summed E-state index contributed by atoms with van der Waals surface area (Å²) in [6.45, 7) is 3.59. The molecule has 0 N–H and O–H groups in total. The first-order chi connectivity index (χ1) is 8.66. The van der Waals surface area contributed by atoms with Crippen molar-refractivity contribution < 1.29 is 4.74 Å². The van der Waals surface area contributed by atoms with Gasteiger partial charge in [0.05, 0.1) is 10.2 Å². The van der Waals surface area contributed by atoms with Gasteiger partial charge in [-0.15, -0.1) is 17.0 Å². The third-order valence-corrected chi connectivity index (χ3v) is 5.60. The molecule has 4 rings (SSSR count). The molecule has 2 fully saturated rings. The third kappa shape index (κ3) is 2.19. The van der Waals surface area contributed by atoms with E-state index >= 15 is 0 Å². The van der Waals surface area contributed by atoms with E-state index in [9.17, 15) is 0 Å². The Kier molecular flexibility index (Phi) is 3.74. The quantitative estimate of drug-likeness (QED) is 0.560. The molecule has 2 bridgehead atoms. The van der Waals surface area contributed by atoms with E-state index in [2.05, 4.69) is 41.7 Å². The van der Waals surface area contributed by atoms with E-state index in [0.29, 0.717) is 11.5 Å². The summed E-state index contributed by atoms with van der Waals surface area (Å²) in [7, 11) is 0. The van der Waals surface area contributed by atoms with Crippen molar-refractivity contribution in [2.75, 3.05) is 19.6 Å². The Morgan fingerprint density at radius 3 is 3.05 bits per heavy atom. The van der Waals surface area contributed by atoms with Gasteiger partial charge < -0.3 is 9.64 Å². The lowest BCUT2D eigenvalue weighted by molar-refractivity contribution is -0.00259. The van der Waals surface area contributed by atoms with E-state index in [4.69, 9.17) is 4.74 Å². The molecule has 4 heterocycles. The maximum absolute atomic E-state index is 6.29. The highest BCUT2D eigenvalue weighted by Gasteiger charge is 2.52. The number of rotatable bonds is 0. The zero-order valence-corrected chi connectivity index (χ0v) is 15.2. The van der Waals surface area contributed by atoms with Gasteiger partial charge in [0.15, 0.2) is 5.75 Å². The van der Waals surface area contributed by atoms with Crippen LogP contribution in [-0.2, 0) is 6.42 Å². The highest BCUT2D eigenvalue weighted by atomic mass is 79.9. The maximum Gasteiger partial charge on any atom is 0.155 e. The van der Waals surface area contributed by atoms with Crippen molar-refractivity contribution >= 4 is 48.8 Å². The van der Waals surface area contributed by atoms with Crippen LogP contribution in [0.15, 0.2) is 15.1 Å². The molecule has 0 saturated carbocycles. The molecule has 0 amide bonds. The maximum atomic E-state index is 6.29. The normalized spacial score (nSPS) is 34.8. The first-order valence-electron chi connectivity index (χ1n) is 6.40. The Hall–Kier alpha value is 0.350. The van der Waals surface area contributed by atoms with E-state index in [1.54, 1.807) is 0 Å². The summed E-state index contributed by atoms with van der Waals surface area (Å²) in [5.74, 6) is 0.967. The molecule has 3 aliphatic heterocycles. The summed E-state index contributed by atoms with van der Waals surface area (Å²) in [4.78, 5) is 7.19. The van der Waals surface area contributed by atoms with E-state index in [1.165, 1.54) is 26.1 Å².